The summed E-state index contributed by atoms with van der Waals surface area (Å²) in [4.78, 5) is 9.56. The van der Waals surface area contributed by atoms with Crippen molar-refractivity contribution >= 4 is 39.6 Å². The van der Waals surface area contributed by atoms with Crippen molar-refractivity contribution in [3.05, 3.63) is 137 Å². The van der Waals surface area contributed by atoms with Crippen LogP contribution >= 0.6 is 0 Å². The molecule has 259 valence electrons. The van der Waals surface area contributed by atoms with Gasteiger partial charge in [0.1, 0.15) is 5.58 Å². The summed E-state index contributed by atoms with van der Waals surface area (Å²) < 4.78 is 7.94. The first-order chi connectivity index (χ1) is 24.3. The summed E-state index contributed by atoms with van der Waals surface area (Å²) in [5.74, 6) is 7.29. The van der Waals surface area contributed by atoms with E-state index < -0.39 is 13.3 Å². The van der Waals surface area contributed by atoms with Crippen molar-refractivity contribution in [2.75, 3.05) is 0 Å². The summed E-state index contributed by atoms with van der Waals surface area (Å²) in [5, 5.41) is 2.27. The van der Waals surface area contributed by atoms with E-state index in [9.17, 15) is 0 Å². The summed E-state index contributed by atoms with van der Waals surface area (Å²) >= 11 is -1.81. The van der Waals surface area contributed by atoms with Gasteiger partial charge in [-0.3, -0.25) is 0 Å². The fraction of sp³-hybridized carbons (Fsp3) is 0.261. The van der Waals surface area contributed by atoms with E-state index in [4.69, 9.17) is 14.4 Å². The molecule has 0 aliphatic heterocycles. The van der Waals surface area contributed by atoms with E-state index in [1.807, 2.05) is 18.3 Å². The van der Waals surface area contributed by atoms with Gasteiger partial charge in [0.05, 0.1) is 5.58 Å². The third-order valence-electron chi connectivity index (χ3n) is 10.6. The number of pyridine rings is 2. The Balaban J connectivity index is 0.000000165. The smallest absolute Gasteiger partial charge is 0.121 e. The number of nitrogens with zero attached hydrogens (tertiary/aromatic N) is 2. The Morgan fingerprint density at radius 3 is 2.14 bits per heavy atom. The number of fused-ring (bicyclic) bond motifs is 5. The van der Waals surface area contributed by atoms with Gasteiger partial charge in [-0.2, -0.15) is 0 Å². The Morgan fingerprint density at radius 1 is 0.667 bits per heavy atom. The van der Waals surface area contributed by atoms with Gasteiger partial charge in [-0.05, 0) is 54.6 Å². The second-order valence-electron chi connectivity index (χ2n) is 15.0. The quantitative estimate of drug-likeness (QED) is 0.130. The second-order valence-corrected chi connectivity index (χ2v) is 25.5. The van der Waals surface area contributed by atoms with Crippen LogP contribution in [0.15, 0.2) is 102 Å². The largest absolute Gasteiger partial charge is 0.501 e. The van der Waals surface area contributed by atoms with Crippen molar-refractivity contribution in [3.63, 3.8) is 0 Å². The molecule has 0 atom stereocenters. The molecule has 0 fully saturated rings. The number of aryl methyl sites for hydroxylation is 3. The van der Waals surface area contributed by atoms with E-state index in [2.05, 4.69) is 115 Å². The molecule has 7 aromatic rings. The van der Waals surface area contributed by atoms with Crippen LogP contribution in [0.5, 0.6) is 0 Å². The van der Waals surface area contributed by atoms with E-state index in [1.54, 1.807) is 0 Å². The number of hydrogen-bond donors (Lipinski definition) is 0. The SMILES string of the molecule is Cc1cc(-c2[c-]ccc3c2CCCC3)nc[c]1[Ge]([CH3])([CH3])[CH3].[Ir].[c-]1ccc2c(oc3cc(-c4ccccc4)ccc32)c1-c1nccc2c1CCCC2. The summed E-state index contributed by atoms with van der Waals surface area (Å²) in [7, 11) is 0. The average Bonchev–Trinajstić information content (AvgIpc) is 3.53. The maximum absolute atomic E-state index is 6.42. The molecule has 3 nitrogen and oxygen atoms in total. The summed E-state index contributed by atoms with van der Waals surface area (Å²) in [6.07, 6.45) is 13.8. The normalized spacial score (nSPS) is 13.9. The predicted molar refractivity (Wildman–Crippen MR) is 211 cm³/mol. The van der Waals surface area contributed by atoms with Crippen LogP contribution < -0.4 is 4.40 Å². The molecule has 3 aromatic heterocycles. The van der Waals surface area contributed by atoms with Gasteiger partial charge in [-0.15, -0.1) is 18.2 Å². The molecular weight excluding hydrogens is 861 g/mol. The number of hydrogen-bond acceptors (Lipinski definition) is 3. The first-order valence-corrected chi connectivity index (χ1v) is 25.6. The van der Waals surface area contributed by atoms with Crippen molar-refractivity contribution in [3.8, 4) is 33.6 Å². The molecule has 0 unspecified atom stereocenters. The number of furan rings is 1. The van der Waals surface area contributed by atoms with Crippen molar-refractivity contribution < 1.29 is 24.5 Å². The van der Waals surface area contributed by atoms with Gasteiger partial charge in [0.15, 0.2) is 0 Å². The fourth-order valence-electron chi connectivity index (χ4n) is 8.02. The fourth-order valence-corrected chi connectivity index (χ4v) is 11.6. The van der Waals surface area contributed by atoms with Gasteiger partial charge in [-0.25, -0.2) is 0 Å². The summed E-state index contributed by atoms with van der Waals surface area (Å²) in [6, 6.07) is 36.7. The molecule has 1 radical (unpaired) electrons. The molecule has 0 bridgehead atoms. The zero-order valence-corrected chi connectivity index (χ0v) is 34.5. The van der Waals surface area contributed by atoms with Crippen LogP contribution in [0.4, 0.5) is 0 Å². The first-order valence-electron chi connectivity index (χ1n) is 18.2. The Hall–Kier alpha value is -3.83. The maximum atomic E-state index is 6.42. The topological polar surface area (TPSA) is 38.9 Å². The van der Waals surface area contributed by atoms with Crippen LogP contribution in [0.3, 0.4) is 0 Å². The molecule has 5 heteroatoms. The van der Waals surface area contributed by atoms with Crippen LogP contribution in [0.2, 0.25) is 17.3 Å². The monoisotopic (exact) mass is 907 g/mol. The van der Waals surface area contributed by atoms with Crippen LogP contribution in [-0.4, -0.2) is 23.2 Å². The molecule has 9 rings (SSSR count). The van der Waals surface area contributed by atoms with Gasteiger partial charge < -0.3 is 9.40 Å². The van der Waals surface area contributed by atoms with Crippen LogP contribution in [0.1, 0.15) is 53.5 Å². The maximum Gasteiger partial charge on any atom is 0.121 e. The number of benzene rings is 4. The van der Waals surface area contributed by atoms with Crippen LogP contribution in [0.25, 0.3) is 55.6 Å². The molecule has 0 amide bonds. The molecule has 2 aliphatic rings. The minimum atomic E-state index is -1.81. The van der Waals surface area contributed by atoms with Gasteiger partial charge in [0.2, 0.25) is 0 Å². The molecule has 0 saturated heterocycles. The minimum absolute atomic E-state index is 0. The van der Waals surface area contributed by atoms with Gasteiger partial charge in [0, 0.05) is 31.7 Å². The Labute approximate surface area is 318 Å². The summed E-state index contributed by atoms with van der Waals surface area (Å²) in [6.45, 7) is 2.24. The van der Waals surface area contributed by atoms with Crippen molar-refractivity contribution in [1.82, 2.24) is 9.97 Å². The van der Waals surface area contributed by atoms with E-state index >= 15 is 0 Å². The first kappa shape index (κ1) is 35.6. The average molecular weight is 906 g/mol. The number of rotatable bonds is 4. The Morgan fingerprint density at radius 2 is 1.37 bits per heavy atom. The van der Waals surface area contributed by atoms with Crippen molar-refractivity contribution in [2.45, 2.75) is 75.6 Å². The zero-order valence-electron chi connectivity index (χ0n) is 30.0. The van der Waals surface area contributed by atoms with Gasteiger partial charge in [-0.1, -0.05) is 64.5 Å². The third kappa shape index (κ3) is 7.16. The molecule has 0 N–H and O–H groups in total. The number of aromatic nitrogens is 2. The van der Waals surface area contributed by atoms with E-state index in [0.717, 1.165) is 57.3 Å². The van der Waals surface area contributed by atoms with Crippen molar-refractivity contribution in [1.29, 1.82) is 0 Å². The van der Waals surface area contributed by atoms with Crippen molar-refractivity contribution in [2.24, 2.45) is 0 Å². The predicted octanol–water partition coefficient (Wildman–Crippen LogP) is 11.3. The van der Waals surface area contributed by atoms with E-state index in [0.29, 0.717) is 0 Å². The molecule has 4 aromatic carbocycles. The van der Waals surface area contributed by atoms with Crippen LogP contribution in [0, 0.1) is 19.1 Å². The molecule has 0 spiro atoms. The van der Waals surface area contributed by atoms with Gasteiger partial charge in [0.25, 0.3) is 0 Å². The minimum Gasteiger partial charge on any atom is -0.501 e. The Bertz CT molecular complexity index is 2340. The van der Waals surface area contributed by atoms with E-state index in [1.165, 1.54) is 81.9 Å². The molecular formula is C46H44GeIrN2O-2. The molecule has 51 heavy (non-hydrogen) atoms. The molecule has 3 heterocycles. The van der Waals surface area contributed by atoms with Gasteiger partial charge >= 0.3 is 131 Å². The second kappa shape index (κ2) is 15.0. The zero-order chi connectivity index (χ0) is 34.2. The van der Waals surface area contributed by atoms with Crippen LogP contribution in [-0.2, 0) is 45.8 Å². The summed E-state index contributed by atoms with van der Waals surface area (Å²) in [5.41, 5.74) is 15.7. The molecule has 2 aliphatic carbocycles. The molecule has 0 saturated carbocycles. The Kier molecular flexibility index (Phi) is 10.5. The standard InChI is InChI=1S/C27H20NO.C19H24GeN.Ir/c1-2-7-18(8-3-1)20-13-14-22-23-11-6-12-24(27(23)29-25(22)17-20)26-21-10-5-4-9-19(21)15-16-28-26;1-14-12-19(21-13-18(14)20(2,3)4)17-11-7-9-15-8-5-6-10-16(15)17;/h1-3,6-8,11,13-17H,4-5,9-10H2;7,9,12-13H,5-6,8,10H2,1-4H3;/q2*-1;. The van der Waals surface area contributed by atoms with E-state index in [-0.39, 0.29) is 20.1 Å². The third-order valence-corrected chi connectivity index (χ3v) is 15.0.